The molecule has 0 unspecified atom stereocenters. The average molecular weight is 687 g/mol. The number of benzene rings is 2. The van der Waals surface area contributed by atoms with Gasteiger partial charge in [-0.3, -0.25) is 29.3 Å². The standard InChI is InChI=1S/C24H12Cl7N3O6/c25-12-6-4-10(5-7-12)14(35)9-32(19(36)11-2-1-3-13(8-11)34(39)40)33-20(37)15-16(21(33)38)23(29)18(27)17(26)22(15,28)24(23,30)31/h1-8,15-16H,9H2/t15-,16-,22+,23+/m0/s1. The van der Waals surface area contributed by atoms with E-state index in [2.05, 4.69) is 0 Å². The van der Waals surface area contributed by atoms with Crippen LogP contribution in [0.5, 0.6) is 0 Å². The zero-order valence-electron chi connectivity index (χ0n) is 19.4. The minimum atomic E-state index is -2.21. The predicted molar refractivity (Wildman–Crippen MR) is 149 cm³/mol. The summed E-state index contributed by atoms with van der Waals surface area (Å²) >= 11 is 45.1. The molecule has 208 valence electrons. The fourth-order valence-electron chi connectivity index (χ4n) is 5.22. The van der Waals surface area contributed by atoms with Gasteiger partial charge in [-0.2, -0.15) is 5.01 Å². The normalized spacial score (nSPS) is 28.2. The van der Waals surface area contributed by atoms with E-state index in [0.29, 0.717) is 15.0 Å². The maximum Gasteiger partial charge on any atom is 0.273 e. The van der Waals surface area contributed by atoms with E-state index in [4.69, 9.17) is 81.2 Å². The van der Waals surface area contributed by atoms with E-state index in [0.717, 1.165) is 12.1 Å². The van der Waals surface area contributed by atoms with Gasteiger partial charge in [0.15, 0.2) is 10.1 Å². The van der Waals surface area contributed by atoms with Gasteiger partial charge in [-0.25, -0.2) is 5.01 Å². The van der Waals surface area contributed by atoms with Crippen molar-refractivity contribution in [2.75, 3.05) is 6.54 Å². The van der Waals surface area contributed by atoms with Gasteiger partial charge in [0.1, 0.15) is 16.3 Å². The maximum absolute atomic E-state index is 13.9. The number of carbonyl (C=O) groups is 4. The van der Waals surface area contributed by atoms with Crippen LogP contribution in [-0.4, -0.2) is 59.1 Å². The molecule has 2 bridgehead atoms. The van der Waals surface area contributed by atoms with Gasteiger partial charge in [-0.1, -0.05) is 64.1 Å². The van der Waals surface area contributed by atoms with Crippen LogP contribution in [-0.2, 0) is 9.59 Å². The number of alkyl halides is 4. The Bertz CT molecular complexity index is 1520. The van der Waals surface area contributed by atoms with Crippen LogP contribution in [0.15, 0.2) is 58.6 Å². The summed E-state index contributed by atoms with van der Waals surface area (Å²) in [4.78, 5) is 61.0. The molecule has 1 saturated heterocycles. The molecular formula is C24H12Cl7N3O6. The number of imide groups is 1. The Balaban J connectivity index is 1.61. The number of hydrazine groups is 1. The number of fused-ring (bicyclic) bond motifs is 5. The maximum atomic E-state index is 13.9. The van der Waals surface area contributed by atoms with Crippen molar-refractivity contribution < 1.29 is 24.1 Å². The number of allylic oxidation sites excluding steroid dienone is 2. The molecule has 2 aliphatic carbocycles. The van der Waals surface area contributed by atoms with Crippen molar-refractivity contribution in [3.63, 3.8) is 0 Å². The van der Waals surface area contributed by atoms with Crippen LogP contribution >= 0.6 is 81.2 Å². The molecule has 1 aliphatic heterocycles. The lowest BCUT2D eigenvalue weighted by Crippen LogP contribution is -2.56. The molecule has 4 atom stereocenters. The Kier molecular flexibility index (Phi) is 7.15. The molecule has 9 nitrogen and oxygen atoms in total. The molecule has 40 heavy (non-hydrogen) atoms. The highest BCUT2D eigenvalue weighted by Crippen LogP contribution is 2.77. The largest absolute Gasteiger partial charge is 0.292 e. The van der Waals surface area contributed by atoms with E-state index in [1.165, 1.54) is 36.4 Å². The van der Waals surface area contributed by atoms with Gasteiger partial charge < -0.3 is 0 Å². The highest BCUT2D eigenvalue weighted by molar-refractivity contribution is 6.66. The number of amides is 3. The van der Waals surface area contributed by atoms with Crippen LogP contribution in [0.1, 0.15) is 20.7 Å². The molecule has 0 aromatic heterocycles. The first-order chi connectivity index (χ1) is 18.6. The fraction of sp³-hybridized carbons (Fsp3) is 0.250. The van der Waals surface area contributed by atoms with Gasteiger partial charge >= 0.3 is 0 Å². The van der Waals surface area contributed by atoms with Crippen LogP contribution < -0.4 is 0 Å². The Morgan fingerprint density at radius 2 is 1.40 bits per heavy atom. The number of nitrogens with zero attached hydrogens (tertiary/aromatic N) is 3. The molecule has 16 heteroatoms. The Morgan fingerprint density at radius 3 is 1.90 bits per heavy atom. The summed E-state index contributed by atoms with van der Waals surface area (Å²) in [5, 5.41) is 11.9. The number of hydrogen-bond acceptors (Lipinski definition) is 6. The highest BCUT2D eigenvalue weighted by atomic mass is 35.5. The number of ketones is 1. The first-order valence-corrected chi connectivity index (χ1v) is 13.8. The monoisotopic (exact) mass is 683 g/mol. The van der Waals surface area contributed by atoms with E-state index < -0.39 is 66.6 Å². The number of carbonyl (C=O) groups excluding carboxylic acids is 4. The quantitative estimate of drug-likeness (QED) is 0.122. The van der Waals surface area contributed by atoms with Crippen LogP contribution in [0.2, 0.25) is 5.02 Å². The number of Topliss-reactive ketones (excluding diaryl/α,β-unsaturated/α-hetero) is 1. The van der Waals surface area contributed by atoms with Crippen LogP contribution in [0.4, 0.5) is 5.69 Å². The minimum Gasteiger partial charge on any atom is -0.292 e. The summed E-state index contributed by atoms with van der Waals surface area (Å²) in [5.41, 5.74) is -0.644. The smallest absolute Gasteiger partial charge is 0.273 e. The second kappa shape index (κ2) is 9.73. The van der Waals surface area contributed by atoms with E-state index in [-0.39, 0.29) is 21.2 Å². The SMILES string of the molecule is O=C(CN(C(=O)c1cccc([N+](=O)[O-])c1)N1C(=O)[C@@H]2[C@@H](C1=O)[C@@]1(Cl)C(Cl)=C(Cl)[C@@]2(Cl)C1(Cl)Cl)c1ccc(Cl)cc1. The summed E-state index contributed by atoms with van der Waals surface area (Å²) in [6.45, 7) is -0.841. The summed E-state index contributed by atoms with van der Waals surface area (Å²) in [7, 11) is 0. The second-order valence-electron chi connectivity index (χ2n) is 9.17. The first-order valence-electron chi connectivity index (χ1n) is 11.1. The number of rotatable bonds is 6. The molecule has 3 amide bonds. The number of non-ortho nitro benzene ring substituents is 1. The molecule has 2 fully saturated rings. The lowest BCUT2D eigenvalue weighted by molar-refractivity contribution is -0.384. The lowest BCUT2D eigenvalue weighted by atomic mass is 9.84. The Labute approximate surface area is 260 Å². The second-order valence-corrected chi connectivity index (χ2v) is 12.9. The van der Waals surface area contributed by atoms with Gasteiger partial charge in [0, 0.05) is 28.3 Å². The van der Waals surface area contributed by atoms with E-state index in [1.807, 2.05) is 0 Å². The van der Waals surface area contributed by atoms with E-state index in [1.54, 1.807) is 0 Å². The number of nitro groups is 1. The van der Waals surface area contributed by atoms with Crippen molar-refractivity contribution in [1.29, 1.82) is 0 Å². The third-order valence-corrected chi connectivity index (χ3v) is 11.6. The van der Waals surface area contributed by atoms with Gasteiger partial charge in [0.2, 0.25) is 0 Å². The van der Waals surface area contributed by atoms with Crippen molar-refractivity contribution in [3.05, 3.63) is 84.9 Å². The van der Waals surface area contributed by atoms with Crippen molar-refractivity contribution >= 4 is 110 Å². The van der Waals surface area contributed by atoms with Gasteiger partial charge in [-0.05, 0) is 30.3 Å². The lowest BCUT2D eigenvalue weighted by Gasteiger charge is -2.36. The van der Waals surface area contributed by atoms with Crippen LogP contribution in [0, 0.1) is 22.0 Å². The van der Waals surface area contributed by atoms with Crippen LogP contribution in [0.3, 0.4) is 0 Å². The Morgan fingerprint density at radius 1 is 0.875 bits per heavy atom. The topological polar surface area (TPSA) is 118 Å². The molecule has 0 radical (unpaired) electrons. The van der Waals surface area contributed by atoms with Gasteiger partial charge in [0.25, 0.3) is 23.4 Å². The zero-order valence-corrected chi connectivity index (χ0v) is 24.7. The van der Waals surface area contributed by atoms with Crippen molar-refractivity contribution in [3.8, 4) is 0 Å². The minimum absolute atomic E-state index is 0.0940. The van der Waals surface area contributed by atoms with E-state index >= 15 is 0 Å². The number of hydrogen-bond donors (Lipinski definition) is 0. The molecule has 2 aromatic rings. The predicted octanol–water partition coefficient (Wildman–Crippen LogP) is 5.94. The summed E-state index contributed by atoms with van der Waals surface area (Å²) in [6.07, 6.45) is 0. The van der Waals surface area contributed by atoms with E-state index in [9.17, 15) is 29.3 Å². The van der Waals surface area contributed by atoms with Crippen LogP contribution in [0.25, 0.3) is 0 Å². The van der Waals surface area contributed by atoms with Crippen molar-refractivity contribution in [1.82, 2.24) is 10.0 Å². The summed E-state index contributed by atoms with van der Waals surface area (Å²) in [5.74, 6) is -7.09. The number of halogens is 7. The zero-order chi connectivity index (χ0) is 29.5. The highest BCUT2D eigenvalue weighted by Gasteiger charge is 2.88. The Hall–Kier alpha value is -2.11. The molecular weight excluding hydrogens is 674 g/mol. The molecule has 1 saturated carbocycles. The molecule has 3 aliphatic rings. The third kappa shape index (κ3) is 3.75. The number of nitro benzene ring substituents is 1. The fourth-order valence-corrected chi connectivity index (χ4v) is 8.27. The summed E-state index contributed by atoms with van der Waals surface area (Å²) in [6, 6.07) is 10.1. The molecule has 0 N–H and O–H groups in total. The molecule has 0 spiro atoms. The molecule has 5 rings (SSSR count). The first kappa shape index (κ1) is 29.4. The molecule has 1 heterocycles. The summed E-state index contributed by atoms with van der Waals surface area (Å²) < 4.78 is -2.21. The van der Waals surface area contributed by atoms with Gasteiger partial charge in [0.05, 0.1) is 26.8 Å². The molecule has 2 aromatic carbocycles. The third-order valence-electron chi connectivity index (χ3n) is 7.12. The average Bonchev–Trinajstić information content (AvgIpc) is 3.30. The van der Waals surface area contributed by atoms with Crippen molar-refractivity contribution in [2.24, 2.45) is 11.8 Å². The van der Waals surface area contributed by atoms with Gasteiger partial charge in [-0.15, -0.1) is 23.2 Å². The van der Waals surface area contributed by atoms with Crippen molar-refractivity contribution in [2.45, 2.75) is 14.1 Å².